The molecule has 21 heavy (non-hydrogen) atoms. The van der Waals surface area contributed by atoms with Crippen molar-refractivity contribution in [1.82, 2.24) is 10.2 Å². The van der Waals surface area contributed by atoms with Crippen LogP contribution in [0, 0.1) is 0 Å². The van der Waals surface area contributed by atoms with E-state index in [1.54, 1.807) is 4.90 Å². The van der Waals surface area contributed by atoms with E-state index in [1.807, 2.05) is 0 Å². The number of nitrogens with two attached hydrogens (primary N) is 1. The van der Waals surface area contributed by atoms with Gasteiger partial charge in [0.2, 0.25) is 5.91 Å². The second-order valence-corrected chi connectivity index (χ2v) is 5.76. The van der Waals surface area contributed by atoms with Crippen molar-refractivity contribution in [3.05, 3.63) is 0 Å². The zero-order valence-electron chi connectivity index (χ0n) is 11.7. The predicted octanol–water partition coefficient (Wildman–Crippen LogP) is -0.598. The first-order valence-electron chi connectivity index (χ1n) is 7.16. The third-order valence-corrected chi connectivity index (χ3v) is 4.22. The normalized spacial score (nSPS) is 29.0. The number of carboxylic acids is 1. The van der Waals surface area contributed by atoms with E-state index in [0.29, 0.717) is 12.8 Å². The smallest absolute Gasteiger partial charge is 0.326 e. The van der Waals surface area contributed by atoms with Gasteiger partial charge in [0.25, 0.3) is 0 Å². The minimum absolute atomic E-state index is 0.0256. The number of amides is 3. The summed E-state index contributed by atoms with van der Waals surface area (Å²) in [7, 11) is 0. The van der Waals surface area contributed by atoms with Crippen molar-refractivity contribution < 1.29 is 24.6 Å². The quantitative estimate of drug-likeness (QED) is 0.538. The largest absolute Gasteiger partial charge is 0.480 e. The SMILES string of the molecule is NC(=O)CC[C@H](NC(=O)N1C2CCC1CC(O)C2)C(=O)O. The number of hydrogen-bond acceptors (Lipinski definition) is 4. The fourth-order valence-electron chi connectivity index (χ4n) is 3.25. The van der Waals surface area contributed by atoms with Crippen LogP contribution >= 0.6 is 0 Å². The molecule has 8 nitrogen and oxygen atoms in total. The number of nitrogens with one attached hydrogen (secondary N) is 1. The van der Waals surface area contributed by atoms with Gasteiger partial charge in [-0.25, -0.2) is 9.59 Å². The van der Waals surface area contributed by atoms with Crippen molar-refractivity contribution in [3.8, 4) is 0 Å². The van der Waals surface area contributed by atoms with Crippen LogP contribution < -0.4 is 11.1 Å². The molecule has 0 spiro atoms. The number of rotatable bonds is 5. The highest BCUT2D eigenvalue weighted by molar-refractivity contribution is 5.84. The van der Waals surface area contributed by atoms with Crippen molar-refractivity contribution in [2.75, 3.05) is 0 Å². The molecule has 2 heterocycles. The summed E-state index contributed by atoms with van der Waals surface area (Å²) in [5.74, 6) is -1.79. The second-order valence-electron chi connectivity index (χ2n) is 5.76. The van der Waals surface area contributed by atoms with Gasteiger partial charge in [0.1, 0.15) is 6.04 Å². The van der Waals surface area contributed by atoms with Gasteiger partial charge in [-0.1, -0.05) is 0 Å². The van der Waals surface area contributed by atoms with Crippen LogP contribution in [0.4, 0.5) is 4.79 Å². The van der Waals surface area contributed by atoms with E-state index in [-0.39, 0.29) is 24.9 Å². The summed E-state index contributed by atoms with van der Waals surface area (Å²) in [6.45, 7) is 0. The van der Waals surface area contributed by atoms with E-state index in [2.05, 4.69) is 5.32 Å². The Morgan fingerprint density at radius 1 is 1.24 bits per heavy atom. The standard InChI is InChI=1S/C13H21N3O5/c14-11(18)4-3-10(12(19)20)15-13(21)16-7-1-2-8(16)6-9(17)5-7/h7-10,17H,1-6H2,(H2,14,18)(H,15,21)(H,19,20)/t7?,8?,9?,10-/m0/s1. The van der Waals surface area contributed by atoms with Gasteiger partial charge < -0.3 is 26.2 Å². The Labute approximate surface area is 122 Å². The van der Waals surface area contributed by atoms with Crippen LogP contribution in [-0.4, -0.2) is 57.3 Å². The molecule has 0 radical (unpaired) electrons. The zero-order valence-corrected chi connectivity index (χ0v) is 11.7. The number of primary amides is 1. The molecular formula is C13H21N3O5. The number of hydrogen-bond donors (Lipinski definition) is 4. The molecule has 5 N–H and O–H groups in total. The molecule has 2 fully saturated rings. The van der Waals surface area contributed by atoms with Crippen molar-refractivity contribution in [3.63, 3.8) is 0 Å². The van der Waals surface area contributed by atoms with Gasteiger partial charge in [0, 0.05) is 18.5 Å². The average molecular weight is 299 g/mol. The minimum Gasteiger partial charge on any atom is -0.480 e. The molecule has 0 aromatic rings. The summed E-state index contributed by atoms with van der Waals surface area (Å²) in [5.41, 5.74) is 5.00. The molecule has 0 saturated carbocycles. The first-order valence-corrected chi connectivity index (χ1v) is 7.16. The van der Waals surface area contributed by atoms with E-state index < -0.39 is 30.1 Å². The lowest BCUT2D eigenvalue weighted by atomic mass is 10.0. The lowest BCUT2D eigenvalue weighted by Crippen LogP contribution is -2.55. The number of aliphatic hydroxyl groups excluding tert-OH is 1. The van der Waals surface area contributed by atoms with E-state index in [1.165, 1.54) is 0 Å². The van der Waals surface area contributed by atoms with Crippen molar-refractivity contribution in [2.45, 2.75) is 62.8 Å². The third kappa shape index (κ3) is 3.63. The third-order valence-electron chi connectivity index (χ3n) is 4.22. The topological polar surface area (TPSA) is 133 Å². The Hall–Kier alpha value is -1.83. The Morgan fingerprint density at radius 2 is 1.81 bits per heavy atom. The number of carbonyl (C=O) groups excluding carboxylic acids is 2. The van der Waals surface area contributed by atoms with E-state index in [9.17, 15) is 19.5 Å². The Kier molecular flexibility index (Phi) is 4.66. The predicted molar refractivity (Wildman–Crippen MR) is 72.3 cm³/mol. The van der Waals surface area contributed by atoms with Gasteiger partial charge in [-0.05, 0) is 32.1 Å². The summed E-state index contributed by atoms with van der Waals surface area (Å²) in [5, 5.41) is 21.3. The molecule has 2 unspecified atom stereocenters. The molecular weight excluding hydrogens is 278 g/mol. The maximum atomic E-state index is 12.3. The van der Waals surface area contributed by atoms with Crippen LogP contribution in [0.5, 0.6) is 0 Å². The maximum Gasteiger partial charge on any atom is 0.326 e. The van der Waals surface area contributed by atoms with Gasteiger partial charge in [0.05, 0.1) is 6.10 Å². The van der Waals surface area contributed by atoms with Crippen LogP contribution in [-0.2, 0) is 9.59 Å². The summed E-state index contributed by atoms with van der Waals surface area (Å²) in [6, 6.07) is -1.64. The molecule has 118 valence electrons. The van der Waals surface area contributed by atoms with Gasteiger partial charge in [0.15, 0.2) is 0 Å². The van der Waals surface area contributed by atoms with Crippen molar-refractivity contribution in [2.24, 2.45) is 5.73 Å². The molecule has 0 aliphatic carbocycles. The fourth-order valence-corrected chi connectivity index (χ4v) is 3.25. The van der Waals surface area contributed by atoms with Gasteiger partial charge in [-0.3, -0.25) is 4.79 Å². The molecule has 8 heteroatoms. The number of nitrogens with zero attached hydrogens (tertiary/aromatic N) is 1. The Morgan fingerprint density at radius 3 is 2.29 bits per heavy atom. The number of aliphatic hydroxyl groups is 1. The Bertz CT molecular complexity index is 428. The molecule has 0 aromatic heterocycles. The minimum atomic E-state index is -1.19. The van der Waals surface area contributed by atoms with Gasteiger partial charge in [-0.2, -0.15) is 0 Å². The number of fused-ring (bicyclic) bond motifs is 2. The number of carbonyl (C=O) groups is 3. The van der Waals surface area contributed by atoms with Crippen LogP contribution in [0.3, 0.4) is 0 Å². The van der Waals surface area contributed by atoms with Crippen molar-refractivity contribution >= 4 is 17.9 Å². The molecule has 3 atom stereocenters. The highest BCUT2D eigenvalue weighted by Crippen LogP contribution is 2.35. The van der Waals surface area contributed by atoms with Gasteiger partial charge >= 0.3 is 12.0 Å². The van der Waals surface area contributed by atoms with E-state index in [4.69, 9.17) is 10.8 Å². The second kappa shape index (κ2) is 6.30. The molecule has 2 aliphatic rings. The highest BCUT2D eigenvalue weighted by Gasteiger charge is 2.43. The zero-order chi connectivity index (χ0) is 15.6. The number of carboxylic acid groups (broad SMARTS) is 1. The molecule has 2 aliphatic heterocycles. The number of aliphatic carboxylic acids is 1. The summed E-state index contributed by atoms with van der Waals surface area (Å²) >= 11 is 0. The molecule has 2 bridgehead atoms. The lowest BCUT2D eigenvalue weighted by molar-refractivity contribution is -0.139. The van der Waals surface area contributed by atoms with Crippen LogP contribution in [0.1, 0.15) is 38.5 Å². The summed E-state index contributed by atoms with van der Waals surface area (Å²) in [4.78, 5) is 35.8. The first kappa shape index (κ1) is 15.6. The van der Waals surface area contributed by atoms with Crippen molar-refractivity contribution in [1.29, 1.82) is 0 Å². The molecule has 0 aromatic carbocycles. The van der Waals surface area contributed by atoms with Crippen LogP contribution in [0.25, 0.3) is 0 Å². The fraction of sp³-hybridized carbons (Fsp3) is 0.769. The monoisotopic (exact) mass is 299 g/mol. The maximum absolute atomic E-state index is 12.3. The molecule has 2 rings (SSSR count). The van der Waals surface area contributed by atoms with Gasteiger partial charge in [-0.15, -0.1) is 0 Å². The molecule has 2 saturated heterocycles. The Balaban J connectivity index is 1.96. The summed E-state index contributed by atoms with van der Waals surface area (Å²) < 4.78 is 0. The molecule has 3 amide bonds. The summed E-state index contributed by atoms with van der Waals surface area (Å²) in [6.07, 6.45) is 2.20. The lowest BCUT2D eigenvalue weighted by Gasteiger charge is -2.37. The van der Waals surface area contributed by atoms with E-state index >= 15 is 0 Å². The number of piperidine rings is 1. The van der Waals surface area contributed by atoms with E-state index in [0.717, 1.165) is 12.8 Å². The average Bonchev–Trinajstić information content (AvgIpc) is 2.66. The number of urea groups is 1. The van der Waals surface area contributed by atoms with Crippen LogP contribution in [0.2, 0.25) is 0 Å². The first-order chi connectivity index (χ1) is 9.88. The highest BCUT2D eigenvalue weighted by atomic mass is 16.4. The van der Waals surface area contributed by atoms with Crippen LogP contribution in [0.15, 0.2) is 0 Å².